The van der Waals surface area contributed by atoms with E-state index < -0.39 is 0 Å². The van der Waals surface area contributed by atoms with Crippen LogP contribution in [-0.4, -0.2) is 15.3 Å². The summed E-state index contributed by atoms with van der Waals surface area (Å²) in [7, 11) is 0. The number of nitrogens with zero attached hydrogens (tertiary/aromatic N) is 2. The van der Waals surface area contributed by atoms with Gasteiger partial charge < -0.3 is 5.32 Å². The molecule has 0 spiro atoms. The molecular weight excluding hydrogens is 294 g/mol. The second kappa shape index (κ2) is 6.32. The van der Waals surface area contributed by atoms with Gasteiger partial charge in [-0.3, -0.25) is 9.20 Å². The molecule has 1 N–H and O–H groups in total. The van der Waals surface area contributed by atoms with Crippen molar-refractivity contribution in [2.24, 2.45) is 5.92 Å². The van der Waals surface area contributed by atoms with Crippen molar-refractivity contribution in [3.8, 4) is 11.3 Å². The average Bonchev–Trinajstić information content (AvgIpc) is 3.10. The maximum absolute atomic E-state index is 12.1. The topological polar surface area (TPSA) is 46.4 Å². The Balaban J connectivity index is 1.75. The van der Waals surface area contributed by atoms with Crippen LogP contribution in [0.4, 0.5) is 5.69 Å². The van der Waals surface area contributed by atoms with Gasteiger partial charge in [-0.05, 0) is 25.0 Å². The van der Waals surface area contributed by atoms with Crippen molar-refractivity contribution in [1.29, 1.82) is 0 Å². The Bertz CT molecular complexity index is 740. The van der Waals surface area contributed by atoms with Gasteiger partial charge in [0.1, 0.15) is 0 Å². The molecule has 0 unspecified atom stereocenters. The summed E-state index contributed by atoms with van der Waals surface area (Å²) in [5, 5.41) is 5.00. The Hall–Kier alpha value is -2.14. The van der Waals surface area contributed by atoms with Crippen LogP contribution in [-0.2, 0) is 4.79 Å². The highest BCUT2D eigenvalue weighted by atomic mass is 32.1. The van der Waals surface area contributed by atoms with Crippen molar-refractivity contribution < 1.29 is 4.79 Å². The number of hydrogen-bond donors (Lipinski definition) is 1. The molecule has 3 aromatic rings. The van der Waals surface area contributed by atoms with Crippen LogP contribution in [0.3, 0.4) is 0 Å². The fraction of sp³-hybridized carbons (Fsp3) is 0.294. The summed E-state index contributed by atoms with van der Waals surface area (Å²) in [5.74, 6) is 0.180. The third-order valence-corrected chi connectivity index (χ3v) is 4.67. The van der Waals surface area contributed by atoms with E-state index >= 15 is 0 Å². The van der Waals surface area contributed by atoms with Crippen LogP contribution in [0.5, 0.6) is 0 Å². The number of fused-ring (bicyclic) bond motifs is 1. The van der Waals surface area contributed by atoms with Crippen LogP contribution in [0.15, 0.2) is 42.0 Å². The number of imidazole rings is 1. The first-order chi connectivity index (χ1) is 10.7. The van der Waals surface area contributed by atoms with Gasteiger partial charge in [0.05, 0.1) is 5.69 Å². The fourth-order valence-corrected chi connectivity index (χ4v) is 3.19. The Kier molecular flexibility index (Phi) is 4.24. The Morgan fingerprint density at radius 1 is 1.27 bits per heavy atom. The van der Waals surface area contributed by atoms with E-state index in [1.54, 1.807) is 11.3 Å². The highest BCUT2D eigenvalue weighted by Crippen LogP contribution is 2.23. The fourth-order valence-electron chi connectivity index (χ4n) is 2.49. The van der Waals surface area contributed by atoms with E-state index in [1.807, 2.05) is 60.3 Å². The monoisotopic (exact) mass is 313 g/mol. The zero-order valence-electron chi connectivity index (χ0n) is 12.7. The zero-order chi connectivity index (χ0) is 15.5. The molecule has 0 aliphatic heterocycles. The van der Waals surface area contributed by atoms with Crippen molar-refractivity contribution in [2.45, 2.75) is 26.7 Å². The van der Waals surface area contributed by atoms with Gasteiger partial charge in [-0.2, -0.15) is 0 Å². The van der Waals surface area contributed by atoms with E-state index in [-0.39, 0.29) is 11.8 Å². The van der Waals surface area contributed by atoms with E-state index in [9.17, 15) is 4.79 Å². The van der Waals surface area contributed by atoms with Gasteiger partial charge in [0.25, 0.3) is 0 Å². The molecule has 114 valence electrons. The number of benzene rings is 1. The third kappa shape index (κ3) is 2.90. The number of carbonyl (C=O) groups excluding carboxylic acids is 1. The Morgan fingerprint density at radius 2 is 2.00 bits per heavy atom. The lowest BCUT2D eigenvalue weighted by Gasteiger charge is -2.12. The second-order valence-corrected chi connectivity index (χ2v) is 6.17. The number of anilines is 1. The van der Waals surface area contributed by atoms with E-state index in [2.05, 4.69) is 10.3 Å². The van der Waals surface area contributed by atoms with Crippen molar-refractivity contribution >= 4 is 27.9 Å². The Morgan fingerprint density at radius 3 is 2.64 bits per heavy atom. The maximum Gasteiger partial charge on any atom is 0.227 e. The summed E-state index contributed by atoms with van der Waals surface area (Å²) in [6, 6.07) is 7.86. The third-order valence-electron chi connectivity index (χ3n) is 3.90. The molecule has 0 aliphatic carbocycles. The predicted octanol–water partition coefficient (Wildman–Crippen LogP) is 4.44. The lowest BCUT2D eigenvalue weighted by atomic mass is 10.0. The van der Waals surface area contributed by atoms with Crippen molar-refractivity contribution in [1.82, 2.24) is 9.38 Å². The minimum Gasteiger partial charge on any atom is -0.326 e. The molecule has 0 saturated carbocycles. The van der Waals surface area contributed by atoms with Crippen molar-refractivity contribution in [3.63, 3.8) is 0 Å². The summed E-state index contributed by atoms with van der Waals surface area (Å²) >= 11 is 1.62. The van der Waals surface area contributed by atoms with Crippen molar-refractivity contribution in [3.05, 3.63) is 42.0 Å². The first kappa shape index (κ1) is 14.8. The van der Waals surface area contributed by atoms with E-state index in [0.717, 1.165) is 34.7 Å². The lowest BCUT2D eigenvalue weighted by molar-refractivity contribution is -0.120. The summed E-state index contributed by atoms with van der Waals surface area (Å²) in [4.78, 5) is 17.7. The lowest BCUT2D eigenvalue weighted by Crippen LogP contribution is -2.21. The number of nitrogens with one attached hydrogen (secondary N) is 1. The van der Waals surface area contributed by atoms with Gasteiger partial charge >= 0.3 is 0 Å². The van der Waals surface area contributed by atoms with Gasteiger partial charge in [0.15, 0.2) is 4.96 Å². The summed E-state index contributed by atoms with van der Waals surface area (Å²) in [6.07, 6.45) is 5.75. The largest absolute Gasteiger partial charge is 0.326 e. The van der Waals surface area contributed by atoms with Gasteiger partial charge in [-0.15, -0.1) is 11.3 Å². The van der Waals surface area contributed by atoms with Crippen LogP contribution in [0.25, 0.3) is 16.2 Å². The molecule has 1 amide bonds. The number of rotatable bonds is 5. The first-order valence-corrected chi connectivity index (χ1v) is 8.42. The van der Waals surface area contributed by atoms with Crippen LogP contribution in [0.2, 0.25) is 0 Å². The van der Waals surface area contributed by atoms with Crippen molar-refractivity contribution in [2.75, 3.05) is 5.32 Å². The normalized spacial score (nSPS) is 11.2. The summed E-state index contributed by atoms with van der Waals surface area (Å²) < 4.78 is 2.02. The van der Waals surface area contributed by atoms with E-state index in [4.69, 9.17) is 0 Å². The highest BCUT2D eigenvalue weighted by Gasteiger charge is 2.14. The highest BCUT2D eigenvalue weighted by molar-refractivity contribution is 7.15. The molecule has 0 atom stereocenters. The molecule has 1 aromatic carbocycles. The van der Waals surface area contributed by atoms with Gasteiger partial charge in [0, 0.05) is 34.9 Å². The molecule has 2 aromatic heterocycles. The quantitative estimate of drug-likeness (QED) is 0.757. The summed E-state index contributed by atoms with van der Waals surface area (Å²) in [6.45, 7) is 4.09. The second-order valence-electron chi connectivity index (χ2n) is 5.30. The standard InChI is InChI=1S/C17H19N3OS/c1-3-12(4-2)16(21)18-14-7-5-13(6-8-14)15-11-20-9-10-22-17(20)19-15/h5-12H,3-4H2,1-2H3,(H,18,21). The molecule has 0 bridgehead atoms. The SMILES string of the molecule is CCC(CC)C(=O)Nc1ccc(-c2cn3ccsc3n2)cc1. The molecule has 5 heteroatoms. The molecule has 3 rings (SSSR count). The van der Waals surface area contributed by atoms with Gasteiger partial charge in [-0.1, -0.05) is 26.0 Å². The molecule has 0 fully saturated rings. The van der Waals surface area contributed by atoms with E-state index in [0.29, 0.717) is 0 Å². The number of carbonyl (C=O) groups is 1. The van der Waals surface area contributed by atoms with Gasteiger partial charge in [0.2, 0.25) is 5.91 Å². The predicted molar refractivity (Wildman–Crippen MR) is 91.2 cm³/mol. The smallest absolute Gasteiger partial charge is 0.227 e. The molecule has 0 radical (unpaired) electrons. The number of amides is 1. The Labute approximate surface area is 133 Å². The summed E-state index contributed by atoms with van der Waals surface area (Å²) in [5.41, 5.74) is 2.84. The number of aromatic nitrogens is 2. The first-order valence-electron chi connectivity index (χ1n) is 7.54. The molecule has 22 heavy (non-hydrogen) atoms. The number of thiazole rings is 1. The minimum absolute atomic E-state index is 0.0830. The molecule has 2 heterocycles. The van der Waals surface area contributed by atoms with E-state index in [1.165, 1.54) is 0 Å². The maximum atomic E-state index is 12.1. The van der Waals surface area contributed by atoms with Crippen LogP contribution in [0.1, 0.15) is 26.7 Å². The van der Waals surface area contributed by atoms with Gasteiger partial charge in [-0.25, -0.2) is 4.98 Å². The molecule has 0 saturated heterocycles. The molecule has 0 aliphatic rings. The van der Waals surface area contributed by atoms with Crippen LogP contribution < -0.4 is 5.32 Å². The average molecular weight is 313 g/mol. The van der Waals surface area contributed by atoms with Crippen LogP contribution in [0, 0.1) is 5.92 Å². The molecule has 4 nitrogen and oxygen atoms in total. The number of hydrogen-bond acceptors (Lipinski definition) is 3. The van der Waals surface area contributed by atoms with Crippen LogP contribution >= 0.6 is 11.3 Å². The minimum atomic E-state index is 0.0830. The zero-order valence-corrected chi connectivity index (χ0v) is 13.6. The molecular formula is C17H19N3OS.